The average Bonchev–Trinajstić information content (AvgIpc) is 2.61. The molecule has 0 bridgehead atoms. The van der Waals surface area contributed by atoms with Gasteiger partial charge in [-0.3, -0.25) is 14.3 Å². The maximum atomic E-state index is 12.5. The molecule has 2 heterocycles. The average molecular weight is 331 g/mol. The van der Waals surface area contributed by atoms with Crippen LogP contribution in [0.5, 0.6) is 0 Å². The summed E-state index contributed by atoms with van der Waals surface area (Å²) in [7, 11) is 0. The summed E-state index contributed by atoms with van der Waals surface area (Å²) in [4.78, 5) is 16.6. The van der Waals surface area contributed by atoms with Crippen molar-refractivity contribution in [3.63, 3.8) is 0 Å². The second-order valence-corrected chi connectivity index (χ2v) is 5.14. The van der Waals surface area contributed by atoms with Gasteiger partial charge in [-0.2, -0.15) is 0 Å². The number of nitrogens with one attached hydrogen (secondary N) is 1. The summed E-state index contributed by atoms with van der Waals surface area (Å²) >= 11 is 0. The summed E-state index contributed by atoms with van der Waals surface area (Å²) in [6, 6.07) is 3.36. The van der Waals surface area contributed by atoms with E-state index in [0.717, 1.165) is 16.9 Å². The minimum absolute atomic E-state index is 0.109. The van der Waals surface area contributed by atoms with Crippen molar-refractivity contribution in [2.24, 2.45) is 0 Å². The van der Waals surface area contributed by atoms with Crippen molar-refractivity contribution in [3.8, 4) is 0 Å². The normalized spacial score (nSPS) is 12.4. The summed E-state index contributed by atoms with van der Waals surface area (Å²) in [5.41, 5.74) is 2.23. The molecule has 25 heavy (non-hydrogen) atoms. The molecule has 0 aliphatic carbocycles. The van der Waals surface area contributed by atoms with Crippen LogP contribution in [0.3, 0.4) is 0 Å². The highest BCUT2D eigenvalue weighted by molar-refractivity contribution is 5.86. The molecule has 0 radical (unpaired) electrons. The number of anilines is 1. The number of aromatic nitrogens is 2. The lowest BCUT2D eigenvalue weighted by Gasteiger charge is -2.19. The van der Waals surface area contributed by atoms with Crippen molar-refractivity contribution in [1.29, 1.82) is 0 Å². The van der Waals surface area contributed by atoms with E-state index in [2.05, 4.69) is 30.0 Å². The summed E-state index contributed by atoms with van der Waals surface area (Å²) in [6.45, 7) is 13.2. The first-order valence-corrected chi connectivity index (χ1v) is 7.84. The molecule has 4 heteroatoms. The Morgan fingerprint density at radius 2 is 2.00 bits per heavy atom. The number of allylic oxidation sites excluding steroid dienone is 8. The highest BCUT2D eigenvalue weighted by atomic mass is 16.1. The van der Waals surface area contributed by atoms with Gasteiger partial charge in [-0.25, -0.2) is 0 Å². The lowest BCUT2D eigenvalue weighted by molar-refractivity contribution is 1.13. The van der Waals surface area contributed by atoms with Gasteiger partial charge in [0.25, 0.3) is 0 Å². The van der Waals surface area contributed by atoms with Gasteiger partial charge in [0.2, 0.25) is 0 Å². The van der Waals surface area contributed by atoms with E-state index < -0.39 is 0 Å². The number of nitrogens with zero attached hydrogens (tertiary/aromatic N) is 2. The standard InChI is InChI=1S/C21H21N3O/c1-5-9-16(8-4)23-21-14-20(25)18-15-22-13-12-19(18)24(21)17(10-6-2)11-7-3/h5-15,23H,1-2,4H2,3H3/b11-7-,16-9+,17-10+. The van der Waals surface area contributed by atoms with E-state index in [0.29, 0.717) is 11.2 Å². The van der Waals surface area contributed by atoms with Crippen LogP contribution in [0.25, 0.3) is 16.6 Å². The summed E-state index contributed by atoms with van der Waals surface area (Å²) in [6.07, 6.45) is 15.8. The van der Waals surface area contributed by atoms with E-state index in [1.165, 1.54) is 0 Å². The van der Waals surface area contributed by atoms with Crippen LogP contribution in [-0.2, 0) is 0 Å². The topological polar surface area (TPSA) is 46.9 Å². The van der Waals surface area contributed by atoms with Gasteiger partial charge in [-0.15, -0.1) is 0 Å². The first kappa shape index (κ1) is 17.9. The molecule has 0 aromatic carbocycles. The van der Waals surface area contributed by atoms with Crippen LogP contribution in [0.15, 0.2) is 97.3 Å². The monoisotopic (exact) mass is 331 g/mol. The third-order valence-corrected chi connectivity index (χ3v) is 3.49. The Morgan fingerprint density at radius 3 is 2.64 bits per heavy atom. The molecule has 0 saturated carbocycles. The third-order valence-electron chi connectivity index (χ3n) is 3.49. The molecule has 0 fully saturated rings. The smallest absolute Gasteiger partial charge is 0.193 e. The fraction of sp³-hybridized carbons (Fsp3) is 0.0476. The molecule has 0 atom stereocenters. The summed E-state index contributed by atoms with van der Waals surface area (Å²) < 4.78 is 1.94. The molecule has 0 spiro atoms. The Hall–Kier alpha value is -3.40. The minimum atomic E-state index is -0.109. The highest BCUT2D eigenvalue weighted by Crippen LogP contribution is 2.23. The van der Waals surface area contributed by atoms with Crippen molar-refractivity contribution in [3.05, 3.63) is 103 Å². The van der Waals surface area contributed by atoms with Crippen LogP contribution in [0.1, 0.15) is 6.92 Å². The zero-order valence-electron chi connectivity index (χ0n) is 14.3. The lowest BCUT2D eigenvalue weighted by atomic mass is 10.2. The van der Waals surface area contributed by atoms with Crippen molar-refractivity contribution < 1.29 is 0 Å². The van der Waals surface area contributed by atoms with Crippen LogP contribution < -0.4 is 10.7 Å². The number of fused-ring (bicyclic) bond motifs is 1. The Bertz CT molecular complexity index is 959. The second kappa shape index (κ2) is 8.45. The first-order chi connectivity index (χ1) is 12.2. The van der Waals surface area contributed by atoms with Crippen molar-refractivity contribution >= 4 is 22.4 Å². The largest absolute Gasteiger partial charge is 0.341 e. The fourth-order valence-corrected chi connectivity index (χ4v) is 2.47. The highest BCUT2D eigenvalue weighted by Gasteiger charge is 2.11. The zero-order chi connectivity index (χ0) is 18.2. The number of rotatable bonds is 7. The van der Waals surface area contributed by atoms with Crippen LogP contribution in [-0.4, -0.2) is 9.55 Å². The molecule has 1 N–H and O–H groups in total. The van der Waals surface area contributed by atoms with E-state index >= 15 is 0 Å². The van der Waals surface area contributed by atoms with Crippen molar-refractivity contribution in [2.45, 2.75) is 6.92 Å². The predicted octanol–water partition coefficient (Wildman–Crippen LogP) is 4.67. The molecule has 2 aromatic rings. The van der Waals surface area contributed by atoms with E-state index in [1.54, 1.807) is 42.8 Å². The molecule has 0 aliphatic rings. The van der Waals surface area contributed by atoms with E-state index in [4.69, 9.17) is 0 Å². The van der Waals surface area contributed by atoms with E-state index in [-0.39, 0.29) is 5.43 Å². The van der Waals surface area contributed by atoms with Crippen LogP contribution in [0, 0.1) is 0 Å². The zero-order valence-corrected chi connectivity index (χ0v) is 14.3. The SMILES string of the molecule is C=C/C=C(\C=C)Nc1cc(=O)c2cnccc2n1C(/C=C\C)=C/C=C. The third kappa shape index (κ3) is 3.93. The summed E-state index contributed by atoms with van der Waals surface area (Å²) in [5, 5.41) is 3.78. The van der Waals surface area contributed by atoms with Crippen LogP contribution in [0.2, 0.25) is 0 Å². The Labute approximate surface area is 147 Å². The first-order valence-electron chi connectivity index (χ1n) is 7.84. The van der Waals surface area contributed by atoms with Crippen LogP contribution >= 0.6 is 0 Å². The van der Waals surface area contributed by atoms with Gasteiger partial charge in [0.05, 0.1) is 10.9 Å². The Morgan fingerprint density at radius 1 is 1.24 bits per heavy atom. The number of hydrogen-bond acceptors (Lipinski definition) is 3. The van der Waals surface area contributed by atoms with Gasteiger partial charge < -0.3 is 5.32 Å². The second-order valence-electron chi connectivity index (χ2n) is 5.14. The molecular weight excluding hydrogens is 310 g/mol. The molecule has 2 aromatic heterocycles. The van der Waals surface area contributed by atoms with Crippen molar-refractivity contribution in [2.75, 3.05) is 5.32 Å². The van der Waals surface area contributed by atoms with E-state index in [9.17, 15) is 4.79 Å². The molecule has 0 amide bonds. The quantitative estimate of drug-likeness (QED) is 0.750. The van der Waals surface area contributed by atoms with Gasteiger partial charge in [-0.1, -0.05) is 38.0 Å². The maximum Gasteiger partial charge on any atom is 0.193 e. The molecule has 2 rings (SSSR count). The van der Waals surface area contributed by atoms with E-state index in [1.807, 2.05) is 35.8 Å². The Balaban J connectivity index is 2.86. The van der Waals surface area contributed by atoms with Gasteiger partial charge in [0.15, 0.2) is 5.43 Å². The molecular formula is C21H21N3O. The maximum absolute atomic E-state index is 12.5. The van der Waals surface area contributed by atoms with Gasteiger partial charge >= 0.3 is 0 Å². The van der Waals surface area contributed by atoms with Gasteiger partial charge in [-0.05, 0) is 37.3 Å². The molecule has 0 aliphatic heterocycles. The fourth-order valence-electron chi connectivity index (χ4n) is 2.47. The van der Waals surface area contributed by atoms with Gasteiger partial charge in [0.1, 0.15) is 5.82 Å². The molecule has 0 unspecified atom stereocenters. The Kier molecular flexibility index (Phi) is 6.07. The van der Waals surface area contributed by atoms with Crippen molar-refractivity contribution in [1.82, 2.24) is 9.55 Å². The lowest BCUT2D eigenvalue weighted by Crippen LogP contribution is -2.14. The molecule has 126 valence electrons. The molecule has 0 saturated heterocycles. The molecule has 4 nitrogen and oxygen atoms in total. The predicted molar refractivity (Wildman–Crippen MR) is 107 cm³/mol. The number of pyridine rings is 2. The minimum Gasteiger partial charge on any atom is -0.341 e. The summed E-state index contributed by atoms with van der Waals surface area (Å²) in [5.74, 6) is 0.614. The number of hydrogen-bond donors (Lipinski definition) is 1. The van der Waals surface area contributed by atoms with Crippen LogP contribution in [0.4, 0.5) is 5.82 Å². The van der Waals surface area contributed by atoms with Gasteiger partial charge in [0, 0.05) is 29.9 Å².